The Balaban J connectivity index is 1.78. The first kappa shape index (κ1) is 18.2. The van der Waals surface area contributed by atoms with Crippen molar-refractivity contribution in [1.29, 1.82) is 0 Å². The molecule has 0 unspecified atom stereocenters. The summed E-state index contributed by atoms with van der Waals surface area (Å²) in [4.78, 5) is 14.9. The number of nitrogens with zero attached hydrogens (tertiary/aromatic N) is 1. The van der Waals surface area contributed by atoms with Gasteiger partial charge in [0.1, 0.15) is 6.10 Å². The number of benzene rings is 1. The van der Waals surface area contributed by atoms with Crippen LogP contribution >= 0.6 is 0 Å². The summed E-state index contributed by atoms with van der Waals surface area (Å²) >= 11 is 0. The molecule has 4 nitrogen and oxygen atoms in total. The van der Waals surface area contributed by atoms with Crippen LogP contribution in [0.3, 0.4) is 0 Å². The zero-order valence-corrected chi connectivity index (χ0v) is 16.4. The Morgan fingerprint density at radius 3 is 2.67 bits per heavy atom. The van der Waals surface area contributed by atoms with E-state index < -0.39 is 6.10 Å². The fourth-order valence-electron chi connectivity index (χ4n) is 4.70. The molecule has 1 N–H and O–H groups in total. The zero-order valence-electron chi connectivity index (χ0n) is 16.4. The van der Waals surface area contributed by atoms with Crippen molar-refractivity contribution >= 4 is 5.91 Å². The van der Waals surface area contributed by atoms with Crippen LogP contribution in [-0.2, 0) is 16.1 Å². The minimum Gasteiger partial charge on any atom is -0.390 e. The summed E-state index contributed by atoms with van der Waals surface area (Å²) in [6, 6.07) is 10.1. The lowest BCUT2D eigenvalue weighted by Gasteiger charge is -2.48. The maximum absolute atomic E-state index is 13.0. The van der Waals surface area contributed by atoms with Gasteiger partial charge in [-0.15, -0.1) is 0 Å². The van der Waals surface area contributed by atoms with E-state index in [9.17, 15) is 9.90 Å². The lowest BCUT2D eigenvalue weighted by molar-refractivity contribution is -0.124. The van der Waals surface area contributed by atoms with Gasteiger partial charge in [-0.25, -0.2) is 0 Å². The Kier molecular flexibility index (Phi) is 4.36. The molecule has 27 heavy (non-hydrogen) atoms. The van der Waals surface area contributed by atoms with E-state index in [-0.39, 0.29) is 23.3 Å². The minimum atomic E-state index is -0.544. The molecule has 1 heterocycles. The van der Waals surface area contributed by atoms with Gasteiger partial charge in [0, 0.05) is 23.8 Å². The van der Waals surface area contributed by atoms with Gasteiger partial charge in [-0.1, -0.05) is 44.2 Å². The van der Waals surface area contributed by atoms with E-state index in [4.69, 9.17) is 4.74 Å². The van der Waals surface area contributed by atoms with Crippen molar-refractivity contribution in [3.8, 4) is 0 Å². The van der Waals surface area contributed by atoms with Crippen LogP contribution in [0.2, 0.25) is 0 Å². The first-order valence-electron chi connectivity index (χ1n) is 9.57. The quantitative estimate of drug-likeness (QED) is 0.891. The summed E-state index contributed by atoms with van der Waals surface area (Å²) in [6.07, 6.45) is 4.09. The van der Waals surface area contributed by atoms with E-state index >= 15 is 0 Å². The molecule has 0 fully saturated rings. The van der Waals surface area contributed by atoms with Gasteiger partial charge in [-0.2, -0.15) is 0 Å². The summed E-state index contributed by atoms with van der Waals surface area (Å²) < 4.78 is 5.50. The average Bonchev–Trinajstić information content (AvgIpc) is 2.89. The lowest BCUT2D eigenvalue weighted by Crippen LogP contribution is -2.47. The third-order valence-corrected chi connectivity index (χ3v) is 6.77. The van der Waals surface area contributed by atoms with E-state index in [1.165, 1.54) is 0 Å². The number of carbonyl (C=O) groups is 1. The number of allylic oxidation sites excluding steroid dienone is 3. The molecule has 0 saturated carbocycles. The molecule has 0 bridgehead atoms. The molecule has 1 amide bonds. The second-order valence-electron chi connectivity index (χ2n) is 8.21. The zero-order chi connectivity index (χ0) is 19.3. The standard InChI is InChI=1S/C23H27NO3/c1-14-18-12-23(3)15(2)21(25)20(27-4)11-17(23)10-19(18)24(22(14)26)13-16-8-6-5-7-9-16/h5-11,15,20-21,25H,12-13H2,1-4H3/t15-,20+,21+,23+/m0/s1. The molecule has 0 radical (unpaired) electrons. The first-order valence-corrected chi connectivity index (χ1v) is 9.57. The van der Waals surface area contributed by atoms with Crippen LogP contribution in [0.25, 0.3) is 0 Å². The van der Waals surface area contributed by atoms with Crippen LogP contribution in [0, 0.1) is 11.3 Å². The Labute approximate surface area is 160 Å². The van der Waals surface area contributed by atoms with Crippen molar-refractivity contribution in [3.63, 3.8) is 0 Å². The van der Waals surface area contributed by atoms with Gasteiger partial charge < -0.3 is 14.7 Å². The van der Waals surface area contributed by atoms with Gasteiger partial charge in [-0.05, 0) is 48.1 Å². The van der Waals surface area contributed by atoms with Crippen LogP contribution in [0.1, 0.15) is 32.8 Å². The van der Waals surface area contributed by atoms with Crippen molar-refractivity contribution in [2.75, 3.05) is 7.11 Å². The monoisotopic (exact) mass is 365 g/mol. The molecular weight excluding hydrogens is 338 g/mol. The molecule has 4 rings (SSSR count). The number of aliphatic hydroxyl groups excluding tert-OH is 1. The molecular formula is C23H27NO3. The summed E-state index contributed by atoms with van der Waals surface area (Å²) in [6.45, 7) is 6.77. The predicted molar refractivity (Wildman–Crippen MR) is 105 cm³/mol. The fraction of sp³-hybridized carbons (Fsp3) is 0.435. The molecule has 2 aliphatic carbocycles. The second kappa shape index (κ2) is 6.47. The van der Waals surface area contributed by atoms with Gasteiger partial charge in [0.15, 0.2) is 0 Å². The molecule has 1 aromatic carbocycles. The second-order valence-corrected chi connectivity index (χ2v) is 8.21. The van der Waals surface area contributed by atoms with Crippen molar-refractivity contribution in [2.45, 2.75) is 45.9 Å². The number of fused-ring (bicyclic) bond motifs is 2. The van der Waals surface area contributed by atoms with E-state index in [1.807, 2.05) is 48.2 Å². The van der Waals surface area contributed by atoms with E-state index in [1.54, 1.807) is 7.11 Å². The maximum Gasteiger partial charge on any atom is 0.254 e. The lowest BCUT2D eigenvalue weighted by atomic mass is 9.60. The Hall–Kier alpha value is -2.17. The summed E-state index contributed by atoms with van der Waals surface area (Å²) in [5, 5.41) is 10.7. The SMILES string of the molecule is CO[C@@H]1C=C2C=C3C(=C(C)C(=O)N3Cc3ccccc3)C[C@]2(C)[C@@H](C)[C@H]1O. The maximum atomic E-state index is 13.0. The number of hydrogen-bond donors (Lipinski definition) is 1. The van der Waals surface area contributed by atoms with Crippen LogP contribution in [-0.4, -0.2) is 35.2 Å². The highest BCUT2D eigenvalue weighted by atomic mass is 16.5. The molecule has 142 valence electrons. The van der Waals surface area contributed by atoms with Crippen LogP contribution < -0.4 is 0 Å². The molecule has 4 heteroatoms. The Morgan fingerprint density at radius 2 is 2.00 bits per heavy atom. The van der Waals surface area contributed by atoms with Crippen LogP contribution in [0.4, 0.5) is 0 Å². The molecule has 0 saturated heterocycles. The predicted octanol–water partition coefficient (Wildman–Crippen LogP) is 3.59. The first-order chi connectivity index (χ1) is 12.9. The average molecular weight is 365 g/mol. The number of ether oxygens (including phenoxy) is 1. The van der Waals surface area contributed by atoms with E-state index in [0.29, 0.717) is 6.54 Å². The number of amides is 1. The third kappa shape index (κ3) is 2.70. The molecule has 3 aliphatic rings. The molecule has 0 spiro atoms. The highest BCUT2D eigenvalue weighted by molar-refractivity contribution is 6.00. The molecule has 4 atom stereocenters. The largest absolute Gasteiger partial charge is 0.390 e. The van der Waals surface area contributed by atoms with Gasteiger partial charge in [-0.3, -0.25) is 4.79 Å². The molecule has 1 aromatic rings. The number of methoxy groups -OCH3 is 1. The summed E-state index contributed by atoms with van der Waals surface area (Å²) in [5.41, 5.74) is 5.02. The van der Waals surface area contributed by atoms with E-state index in [2.05, 4.69) is 19.9 Å². The van der Waals surface area contributed by atoms with Gasteiger partial charge >= 0.3 is 0 Å². The fourth-order valence-corrected chi connectivity index (χ4v) is 4.70. The highest BCUT2D eigenvalue weighted by Gasteiger charge is 2.49. The number of carbonyl (C=O) groups excluding carboxylic acids is 1. The number of hydrogen-bond acceptors (Lipinski definition) is 3. The van der Waals surface area contributed by atoms with Crippen LogP contribution in [0.5, 0.6) is 0 Å². The summed E-state index contributed by atoms with van der Waals surface area (Å²) in [7, 11) is 1.63. The minimum absolute atomic E-state index is 0.0406. The molecule has 0 aromatic heterocycles. The number of rotatable bonds is 3. The Bertz CT molecular complexity index is 867. The highest BCUT2D eigenvalue weighted by Crippen LogP contribution is 2.54. The van der Waals surface area contributed by atoms with Crippen LogP contribution in [0.15, 0.2) is 64.9 Å². The van der Waals surface area contributed by atoms with Crippen molar-refractivity contribution < 1.29 is 14.6 Å². The Morgan fingerprint density at radius 1 is 1.30 bits per heavy atom. The number of aliphatic hydroxyl groups is 1. The van der Waals surface area contributed by atoms with Crippen molar-refractivity contribution in [2.24, 2.45) is 11.3 Å². The van der Waals surface area contributed by atoms with E-state index in [0.717, 1.165) is 34.4 Å². The van der Waals surface area contributed by atoms with Crippen molar-refractivity contribution in [1.82, 2.24) is 4.90 Å². The molecule has 1 aliphatic heterocycles. The third-order valence-electron chi connectivity index (χ3n) is 6.77. The summed E-state index contributed by atoms with van der Waals surface area (Å²) in [5.74, 6) is 0.123. The van der Waals surface area contributed by atoms with Crippen molar-refractivity contribution in [3.05, 3.63) is 70.5 Å². The smallest absolute Gasteiger partial charge is 0.254 e. The van der Waals surface area contributed by atoms with Gasteiger partial charge in [0.2, 0.25) is 0 Å². The topological polar surface area (TPSA) is 49.8 Å². The van der Waals surface area contributed by atoms with Gasteiger partial charge in [0.05, 0.1) is 12.6 Å². The van der Waals surface area contributed by atoms with Gasteiger partial charge in [0.25, 0.3) is 5.91 Å². The normalized spacial score (nSPS) is 32.9.